The van der Waals surface area contributed by atoms with Gasteiger partial charge < -0.3 is 14.8 Å². The van der Waals surface area contributed by atoms with Gasteiger partial charge in [0, 0.05) is 18.2 Å². The highest BCUT2D eigenvalue weighted by molar-refractivity contribution is 7.22. The van der Waals surface area contributed by atoms with Crippen LogP contribution in [0.3, 0.4) is 0 Å². The fourth-order valence-electron chi connectivity index (χ4n) is 2.08. The molecule has 0 bridgehead atoms. The molecule has 3 aromatic rings. The summed E-state index contributed by atoms with van der Waals surface area (Å²) in [5.74, 6) is 0.0365. The Kier molecular flexibility index (Phi) is 2.68. The lowest BCUT2D eigenvalue weighted by molar-refractivity contribution is 0.174. The fraction of sp³-hybridized carbons (Fsp3) is 0.0714. The number of hydrogen-bond acceptors (Lipinski definition) is 5. The summed E-state index contributed by atoms with van der Waals surface area (Å²) in [6.07, 6.45) is 0. The van der Waals surface area contributed by atoms with Gasteiger partial charge in [0.05, 0.1) is 15.9 Å². The first-order valence-electron chi connectivity index (χ1n) is 6.11. The Bertz CT molecular complexity index is 809. The van der Waals surface area contributed by atoms with Gasteiger partial charge in [-0.05, 0) is 12.1 Å². The maximum Gasteiger partial charge on any atom is 0.231 e. The van der Waals surface area contributed by atoms with Crippen molar-refractivity contribution in [3.05, 3.63) is 42.0 Å². The maximum absolute atomic E-state index is 13.6. The quantitative estimate of drug-likeness (QED) is 0.776. The Morgan fingerprint density at radius 2 is 1.90 bits per heavy atom. The van der Waals surface area contributed by atoms with E-state index in [1.165, 1.54) is 23.5 Å². The van der Waals surface area contributed by atoms with E-state index in [1.807, 2.05) is 6.07 Å². The van der Waals surface area contributed by atoms with Crippen LogP contribution in [0.4, 0.5) is 19.6 Å². The van der Waals surface area contributed by atoms with Crippen molar-refractivity contribution in [3.63, 3.8) is 0 Å². The number of halogens is 2. The third kappa shape index (κ3) is 2.15. The van der Waals surface area contributed by atoms with Crippen LogP contribution >= 0.6 is 11.3 Å². The molecular formula is C14H8F2N2O2S. The van der Waals surface area contributed by atoms with Crippen molar-refractivity contribution in [2.75, 3.05) is 12.1 Å². The van der Waals surface area contributed by atoms with Gasteiger partial charge >= 0.3 is 0 Å². The number of nitrogens with zero attached hydrogens (tertiary/aromatic N) is 1. The maximum atomic E-state index is 13.6. The van der Waals surface area contributed by atoms with Gasteiger partial charge in [-0.1, -0.05) is 11.3 Å². The minimum atomic E-state index is -0.664. The molecule has 0 fully saturated rings. The number of hydrogen-bond donors (Lipinski definition) is 1. The summed E-state index contributed by atoms with van der Waals surface area (Å²) in [5, 5.41) is 3.36. The lowest BCUT2D eigenvalue weighted by atomic mass is 10.3. The van der Waals surface area contributed by atoms with E-state index < -0.39 is 11.6 Å². The minimum absolute atomic E-state index is 0.176. The Labute approximate surface area is 121 Å². The van der Waals surface area contributed by atoms with Gasteiger partial charge in [0.1, 0.15) is 11.6 Å². The first kappa shape index (κ1) is 12.3. The molecule has 7 heteroatoms. The Morgan fingerprint density at radius 1 is 1.10 bits per heavy atom. The molecule has 2 aromatic carbocycles. The van der Waals surface area contributed by atoms with Crippen molar-refractivity contribution < 1.29 is 18.3 Å². The minimum Gasteiger partial charge on any atom is -0.454 e. The van der Waals surface area contributed by atoms with Gasteiger partial charge in [-0.3, -0.25) is 0 Å². The van der Waals surface area contributed by atoms with Crippen molar-refractivity contribution in [2.24, 2.45) is 0 Å². The highest BCUT2D eigenvalue weighted by Crippen LogP contribution is 2.39. The molecule has 0 spiro atoms. The van der Waals surface area contributed by atoms with Crippen LogP contribution in [-0.4, -0.2) is 11.8 Å². The standard InChI is InChI=1S/C14H8F2N2O2S/c15-7-1-2-9(8(16)3-7)17-14-18-10-4-11-12(20-6-19-11)5-13(10)21-14/h1-5H,6H2,(H,17,18). The Morgan fingerprint density at radius 3 is 2.71 bits per heavy atom. The van der Waals surface area contributed by atoms with E-state index in [0.717, 1.165) is 16.3 Å². The highest BCUT2D eigenvalue weighted by atomic mass is 32.1. The van der Waals surface area contributed by atoms with Crippen molar-refractivity contribution in [1.82, 2.24) is 4.98 Å². The molecule has 1 N–H and O–H groups in total. The van der Waals surface area contributed by atoms with Crippen LogP contribution in [0.25, 0.3) is 10.2 Å². The summed E-state index contributed by atoms with van der Waals surface area (Å²) < 4.78 is 38.0. The zero-order valence-corrected chi connectivity index (χ0v) is 11.3. The SMILES string of the molecule is Fc1ccc(Nc2nc3cc4c(cc3s2)OCO4)c(F)c1. The zero-order chi connectivity index (χ0) is 14.4. The number of thiazole rings is 1. The van der Waals surface area contributed by atoms with E-state index >= 15 is 0 Å². The molecule has 0 aliphatic carbocycles. The summed E-state index contributed by atoms with van der Waals surface area (Å²) in [6.45, 7) is 0.207. The first-order chi connectivity index (χ1) is 10.2. The van der Waals surface area contributed by atoms with Gasteiger partial charge in [0.25, 0.3) is 0 Å². The number of benzene rings is 2. The van der Waals surface area contributed by atoms with Crippen molar-refractivity contribution in [3.8, 4) is 11.5 Å². The molecule has 21 heavy (non-hydrogen) atoms. The number of fused-ring (bicyclic) bond motifs is 2. The number of rotatable bonds is 2. The van der Waals surface area contributed by atoms with Gasteiger partial charge in [-0.25, -0.2) is 13.8 Å². The monoisotopic (exact) mass is 306 g/mol. The van der Waals surface area contributed by atoms with E-state index in [0.29, 0.717) is 16.6 Å². The predicted octanol–water partition coefficient (Wildman–Crippen LogP) is 4.05. The van der Waals surface area contributed by atoms with Crippen LogP contribution in [0.1, 0.15) is 0 Å². The predicted molar refractivity (Wildman–Crippen MR) is 75.4 cm³/mol. The zero-order valence-electron chi connectivity index (χ0n) is 10.5. The van der Waals surface area contributed by atoms with Crippen molar-refractivity contribution >= 4 is 32.4 Å². The lowest BCUT2D eigenvalue weighted by Crippen LogP contribution is -1.93. The van der Waals surface area contributed by atoms with Gasteiger partial charge in [0.2, 0.25) is 6.79 Å². The smallest absolute Gasteiger partial charge is 0.231 e. The summed E-state index contributed by atoms with van der Waals surface area (Å²) in [6, 6.07) is 6.96. The fourth-order valence-corrected chi connectivity index (χ4v) is 2.97. The molecule has 0 radical (unpaired) electrons. The van der Waals surface area contributed by atoms with Gasteiger partial charge in [0.15, 0.2) is 16.6 Å². The molecule has 2 heterocycles. The van der Waals surface area contributed by atoms with Gasteiger partial charge in [-0.15, -0.1) is 0 Å². The molecule has 0 atom stereocenters. The molecule has 0 unspecified atom stereocenters. The molecule has 1 aliphatic rings. The molecule has 1 aliphatic heterocycles. The largest absolute Gasteiger partial charge is 0.454 e. The summed E-state index contributed by atoms with van der Waals surface area (Å²) in [5.41, 5.74) is 0.907. The average Bonchev–Trinajstić information content (AvgIpc) is 3.04. The molecule has 106 valence electrons. The molecule has 0 saturated heterocycles. The molecule has 4 nitrogen and oxygen atoms in total. The number of anilines is 2. The van der Waals surface area contributed by atoms with Gasteiger partial charge in [-0.2, -0.15) is 0 Å². The molecule has 0 amide bonds. The Hall–Kier alpha value is -2.41. The van der Waals surface area contributed by atoms with Crippen LogP contribution in [0.2, 0.25) is 0 Å². The number of aromatic nitrogens is 1. The van der Waals surface area contributed by atoms with E-state index in [2.05, 4.69) is 10.3 Å². The summed E-state index contributed by atoms with van der Waals surface area (Å²) in [7, 11) is 0. The van der Waals surface area contributed by atoms with E-state index in [4.69, 9.17) is 9.47 Å². The molecule has 4 rings (SSSR count). The topological polar surface area (TPSA) is 43.4 Å². The first-order valence-corrected chi connectivity index (χ1v) is 6.93. The highest BCUT2D eigenvalue weighted by Gasteiger charge is 2.17. The molecule has 0 saturated carbocycles. The Balaban J connectivity index is 1.71. The lowest BCUT2D eigenvalue weighted by Gasteiger charge is -2.03. The van der Waals surface area contributed by atoms with E-state index in [1.54, 1.807) is 6.07 Å². The van der Waals surface area contributed by atoms with Crippen molar-refractivity contribution in [1.29, 1.82) is 0 Å². The molecular weight excluding hydrogens is 298 g/mol. The van der Waals surface area contributed by atoms with Crippen LogP contribution in [0.15, 0.2) is 30.3 Å². The van der Waals surface area contributed by atoms with Crippen LogP contribution in [-0.2, 0) is 0 Å². The van der Waals surface area contributed by atoms with Crippen LogP contribution < -0.4 is 14.8 Å². The third-order valence-electron chi connectivity index (χ3n) is 3.06. The van der Waals surface area contributed by atoms with Crippen LogP contribution in [0.5, 0.6) is 11.5 Å². The average molecular weight is 306 g/mol. The summed E-state index contributed by atoms with van der Waals surface area (Å²) in [4.78, 5) is 4.36. The third-order valence-corrected chi connectivity index (χ3v) is 3.99. The second-order valence-electron chi connectivity index (χ2n) is 4.44. The normalized spacial score (nSPS) is 12.9. The van der Waals surface area contributed by atoms with E-state index in [9.17, 15) is 8.78 Å². The number of ether oxygens (including phenoxy) is 2. The number of nitrogens with one attached hydrogen (secondary N) is 1. The van der Waals surface area contributed by atoms with Crippen molar-refractivity contribution in [2.45, 2.75) is 0 Å². The van der Waals surface area contributed by atoms with Crippen LogP contribution in [0, 0.1) is 11.6 Å². The second-order valence-corrected chi connectivity index (χ2v) is 5.47. The second kappa shape index (κ2) is 4.56. The van der Waals surface area contributed by atoms with E-state index in [-0.39, 0.29) is 12.5 Å². The molecule has 1 aromatic heterocycles. The summed E-state index contributed by atoms with van der Waals surface area (Å²) >= 11 is 1.35.